The smallest absolute Gasteiger partial charge is 0.257 e. The summed E-state index contributed by atoms with van der Waals surface area (Å²) >= 11 is 0. The van der Waals surface area contributed by atoms with Crippen LogP contribution in [0.3, 0.4) is 0 Å². The van der Waals surface area contributed by atoms with E-state index in [9.17, 15) is 9.59 Å². The van der Waals surface area contributed by atoms with E-state index in [4.69, 9.17) is 10.5 Å². The van der Waals surface area contributed by atoms with Crippen LogP contribution in [-0.2, 0) is 9.59 Å². The summed E-state index contributed by atoms with van der Waals surface area (Å²) in [6.07, 6.45) is 9.63. The molecule has 2 amide bonds. The predicted molar refractivity (Wildman–Crippen MR) is 154 cm³/mol. The third-order valence-corrected chi connectivity index (χ3v) is 8.45. The molecular formula is C31H38N6O3. The lowest BCUT2D eigenvalue weighted by Crippen LogP contribution is -2.67. The van der Waals surface area contributed by atoms with Crippen LogP contribution in [0.15, 0.2) is 72.9 Å². The fourth-order valence-corrected chi connectivity index (χ4v) is 6.12. The molecule has 3 aliphatic heterocycles. The van der Waals surface area contributed by atoms with E-state index in [0.717, 1.165) is 48.6 Å². The maximum Gasteiger partial charge on any atom is 0.257 e. The quantitative estimate of drug-likeness (QED) is 0.441. The molecule has 210 valence electrons. The Morgan fingerprint density at radius 3 is 2.60 bits per heavy atom. The largest absolute Gasteiger partial charge is 0.457 e. The minimum Gasteiger partial charge on any atom is -0.457 e. The molecule has 9 heteroatoms. The molecule has 0 bridgehead atoms. The van der Waals surface area contributed by atoms with Gasteiger partial charge in [0.1, 0.15) is 17.5 Å². The van der Waals surface area contributed by atoms with Crippen molar-refractivity contribution in [3.05, 3.63) is 78.5 Å². The van der Waals surface area contributed by atoms with Gasteiger partial charge in [0.15, 0.2) is 0 Å². The topological polar surface area (TPSA) is 103 Å². The van der Waals surface area contributed by atoms with Crippen LogP contribution in [0.25, 0.3) is 5.57 Å². The Labute approximate surface area is 235 Å². The zero-order valence-electron chi connectivity index (χ0n) is 22.9. The number of amides is 2. The van der Waals surface area contributed by atoms with E-state index < -0.39 is 12.2 Å². The molecule has 3 unspecified atom stereocenters. The molecule has 4 atom stereocenters. The Kier molecular flexibility index (Phi) is 7.60. The molecule has 4 aliphatic rings. The number of ether oxygens (including phenoxy) is 1. The third-order valence-electron chi connectivity index (χ3n) is 8.45. The van der Waals surface area contributed by atoms with Crippen molar-refractivity contribution in [3.8, 4) is 11.5 Å². The average Bonchev–Trinajstić information content (AvgIpc) is 3.75. The van der Waals surface area contributed by atoms with Crippen LogP contribution in [0, 0.1) is 5.92 Å². The lowest BCUT2D eigenvalue weighted by molar-refractivity contribution is -0.132. The number of nitrogens with two attached hydrogens (primary N) is 1. The van der Waals surface area contributed by atoms with Crippen molar-refractivity contribution < 1.29 is 14.3 Å². The van der Waals surface area contributed by atoms with Gasteiger partial charge in [-0.3, -0.25) is 19.9 Å². The van der Waals surface area contributed by atoms with Crippen LogP contribution in [0.2, 0.25) is 0 Å². The number of benzene rings is 2. The zero-order chi connectivity index (χ0) is 27.6. The van der Waals surface area contributed by atoms with Gasteiger partial charge < -0.3 is 20.3 Å². The summed E-state index contributed by atoms with van der Waals surface area (Å²) < 4.78 is 5.97. The van der Waals surface area contributed by atoms with Crippen molar-refractivity contribution in [3.63, 3.8) is 0 Å². The van der Waals surface area contributed by atoms with Crippen molar-refractivity contribution in [2.75, 3.05) is 26.7 Å². The Balaban J connectivity index is 1.19. The monoisotopic (exact) mass is 542 g/mol. The van der Waals surface area contributed by atoms with E-state index in [1.807, 2.05) is 65.6 Å². The van der Waals surface area contributed by atoms with Crippen LogP contribution in [0.1, 0.15) is 31.2 Å². The summed E-state index contributed by atoms with van der Waals surface area (Å²) in [5.41, 5.74) is 14.2. The molecule has 4 N–H and O–H groups in total. The molecule has 3 fully saturated rings. The summed E-state index contributed by atoms with van der Waals surface area (Å²) in [6.45, 7) is 2.09. The highest BCUT2D eigenvalue weighted by molar-refractivity contribution is 5.89. The highest BCUT2D eigenvalue weighted by atomic mass is 16.5. The van der Waals surface area contributed by atoms with Crippen molar-refractivity contribution in [1.82, 2.24) is 25.6 Å². The first-order valence-corrected chi connectivity index (χ1v) is 14.3. The SMILES string of the molecule is CN(C/C=C/C(=O)N1CCC[C@@H](N2C=C(c3ccc(Oc4ccccc4)cc3)C3C(N)NNC(=O)C32)C1)C1CC1. The molecule has 9 nitrogen and oxygen atoms in total. The molecule has 1 saturated carbocycles. The van der Waals surface area contributed by atoms with Crippen LogP contribution in [-0.4, -0.2) is 77.5 Å². The fourth-order valence-electron chi connectivity index (χ4n) is 6.12. The van der Waals surface area contributed by atoms with Gasteiger partial charge in [-0.05, 0) is 68.1 Å². The van der Waals surface area contributed by atoms with Crippen molar-refractivity contribution >= 4 is 17.4 Å². The molecule has 2 saturated heterocycles. The number of carbonyl (C=O) groups is 2. The molecule has 0 radical (unpaired) electrons. The highest BCUT2D eigenvalue weighted by Crippen LogP contribution is 2.41. The summed E-state index contributed by atoms with van der Waals surface area (Å²) in [6, 6.07) is 17.8. The number of fused-ring (bicyclic) bond motifs is 1. The average molecular weight is 543 g/mol. The van der Waals surface area contributed by atoms with Crippen molar-refractivity contribution in [2.45, 2.75) is 50.0 Å². The second kappa shape index (κ2) is 11.4. The summed E-state index contributed by atoms with van der Waals surface area (Å²) in [5.74, 6) is 1.22. The number of hydrogen-bond acceptors (Lipinski definition) is 7. The number of rotatable bonds is 8. The standard InChI is InChI=1S/C31H38N6O3/c1-35(22-13-14-22)17-6-10-27(38)36-18-5-7-23(19-36)37-20-26(28-29(37)31(39)34-33-30(28)32)21-11-15-25(16-12-21)40-24-8-3-2-4-9-24/h2-4,6,8-12,15-16,20,22-23,28-30,33H,5,7,13-14,17-19,32H2,1H3,(H,34,39)/b10-6+/t23-,28?,29?,30?/m1/s1. The Bertz CT molecular complexity index is 1280. The maximum absolute atomic E-state index is 13.2. The number of hydrazine groups is 1. The molecule has 6 rings (SSSR count). The third kappa shape index (κ3) is 5.63. The second-order valence-corrected chi connectivity index (χ2v) is 11.3. The predicted octanol–water partition coefficient (Wildman–Crippen LogP) is 2.68. The number of nitrogens with one attached hydrogen (secondary N) is 2. The second-order valence-electron chi connectivity index (χ2n) is 11.3. The Hall–Kier alpha value is -3.66. The molecular weight excluding hydrogens is 504 g/mol. The van der Waals surface area contributed by atoms with E-state index in [1.54, 1.807) is 6.08 Å². The molecule has 0 aromatic heterocycles. The van der Waals surface area contributed by atoms with Crippen molar-refractivity contribution in [2.24, 2.45) is 11.7 Å². The van der Waals surface area contributed by atoms with Gasteiger partial charge in [-0.25, -0.2) is 5.43 Å². The van der Waals surface area contributed by atoms with E-state index >= 15 is 0 Å². The molecule has 2 aromatic rings. The van der Waals surface area contributed by atoms with Crippen LogP contribution >= 0.6 is 0 Å². The van der Waals surface area contributed by atoms with Gasteiger partial charge in [-0.15, -0.1) is 0 Å². The number of likely N-dealkylation sites (tertiary alicyclic amines) is 1. The first kappa shape index (κ1) is 26.6. The van der Waals surface area contributed by atoms with Gasteiger partial charge in [0.25, 0.3) is 5.91 Å². The van der Waals surface area contributed by atoms with Gasteiger partial charge in [0.2, 0.25) is 5.91 Å². The molecule has 0 spiro atoms. The zero-order valence-corrected chi connectivity index (χ0v) is 22.9. The summed E-state index contributed by atoms with van der Waals surface area (Å²) in [4.78, 5) is 32.6. The molecule has 1 aliphatic carbocycles. The number of para-hydroxylation sites is 1. The Morgan fingerprint density at radius 2 is 1.85 bits per heavy atom. The minimum atomic E-state index is -0.438. The lowest BCUT2D eigenvalue weighted by atomic mass is 9.86. The first-order valence-electron chi connectivity index (χ1n) is 14.3. The van der Waals surface area contributed by atoms with Gasteiger partial charge >= 0.3 is 0 Å². The molecule has 2 aromatic carbocycles. The van der Waals surface area contributed by atoms with E-state index in [-0.39, 0.29) is 23.8 Å². The Morgan fingerprint density at radius 1 is 1.10 bits per heavy atom. The maximum atomic E-state index is 13.2. The van der Waals surface area contributed by atoms with Gasteiger partial charge in [-0.1, -0.05) is 36.4 Å². The number of carbonyl (C=O) groups excluding carboxylic acids is 2. The van der Waals surface area contributed by atoms with Crippen molar-refractivity contribution in [1.29, 1.82) is 0 Å². The highest BCUT2D eigenvalue weighted by Gasteiger charge is 2.49. The number of nitrogens with zero attached hydrogens (tertiary/aromatic N) is 3. The van der Waals surface area contributed by atoms with E-state index in [0.29, 0.717) is 12.6 Å². The van der Waals surface area contributed by atoms with E-state index in [1.165, 1.54) is 12.8 Å². The normalized spacial score (nSPS) is 26.6. The first-order chi connectivity index (χ1) is 19.5. The lowest BCUT2D eigenvalue weighted by Gasteiger charge is -2.43. The summed E-state index contributed by atoms with van der Waals surface area (Å²) in [5, 5.41) is 0. The minimum absolute atomic E-state index is 0.0296. The number of likely N-dealkylation sites (N-methyl/N-ethyl adjacent to an activating group) is 1. The fraction of sp³-hybridized carbons (Fsp3) is 0.419. The van der Waals surface area contributed by atoms with E-state index in [2.05, 4.69) is 33.9 Å². The number of hydrogen-bond donors (Lipinski definition) is 3. The molecule has 40 heavy (non-hydrogen) atoms. The van der Waals surface area contributed by atoms with Gasteiger partial charge in [-0.2, -0.15) is 0 Å². The summed E-state index contributed by atoms with van der Waals surface area (Å²) in [7, 11) is 2.11. The van der Waals surface area contributed by atoms with Gasteiger partial charge in [0, 0.05) is 49.9 Å². The molecule has 3 heterocycles. The van der Waals surface area contributed by atoms with Crippen LogP contribution < -0.4 is 21.3 Å². The number of piperidine rings is 1. The van der Waals surface area contributed by atoms with Gasteiger partial charge in [0.05, 0.1) is 6.17 Å². The van der Waals surface area contributed by atoms with Crippen LogP contribution in [0.5, 0.6) is 11.5 Å². The van der Waals surface area contributed by atoms with Crippen LogP contribution in [0.4, 0.5) is 0 Å².